The van der Waals surface area contributed by atoms with Gasteiger partial charge in [0, 0.05) is 18.8 Å². The van der Waals surface area contributed by atoms with E-state index in [0.717, 1.165) is 6.29 Å². The minimum atomic E-state index is -0.595. The van der Waals surface area contributed by atoms with Gasteiger partial charge < -0.3 is 24.1 Å². The normalized spacial score (nSPS) is 43.9. The molecule has 5 nitrogen and oxygen atoms in total. The molecule has 0 radical (unpaired) electrons. The van der Waals surface area contributed by atoms with Crippen LogP contribution in [0.15, 0.2) is 0 Å². The first-order chi connectivity index (χ1) is 8.43. The van der Waals surface area contributed by atoms with Crippen molar-refractivity contribution in [2.24, 2.45) is 5.92 Å². The first kappa shape index (κ1) is 13.9. The van der Waals surface area contributed by atoms with E-state index in [1.807, 2.05) is 20.8 Å². The summed E-state index contributed by atoms with van der Waals surface area (Å²) in [5.74, 6) is -0.621. The topological polar surface area (TPSA) is 65.0 Å². The minimum absolute atomic E-state index is 0.0261. The van der Waals surface area contributed by atoms with Crippen molar-refractivity contribution in [1.82, 2.24) is 0 Å². The average Bonchev–Trinajstić information content (AvgIpc) is 2.65. The van der Waals surface area contributed by atoms with Gasteiger partial charge in [-0.2, -0.15) is 0 Å². The number of carbonyl (C=O) groups excluding carboxylic acids is 1. The Morgan fingerprint density at radius 2 is 2.11 bits per heavy atom. The lowest BCUT2D eigenvalue weighted by molar-refractivity contribution is -0.193. The summed E-state index contributed by atoms with van der Waals surface area (Å²) in [6.07, 6.45) is 0.613. The summed E-state index contributed by atoms with van der Waals surface area (Å²) >= 11 is 0. The molecule has 2 fully saturated rings. The van der Waals surface area contributed by atoms with Crippen LogP contribution >= 0.6 is 0 Å². The molecule has 2 heterocycles. The largest absolute Gasteiger partial charge is 0.393 e. The number of ether oxygens (including phenoxy) is 3. The molecule has 5 atom stereocenters. The zero-order valence-electron chi connectivity index (χ0n) is 11.2. The van der Waals surface area contributed by atoms with Gasteiger partial charge in [0.15, 0.2) is 5.79 Å². The highest BCUT2D eigenvalue weighted by atomic mass is 16.7. The van der Waals surface area contributed by atoms with E-state index in [1.54, 1.807) is 0 Å². The highest BCUT2D eigenvalue weighted by molar-refractivity contribution is 5.50. The molecule has 2 rings (SSSR count). The molecule has 0 bridgehead atoms. The summed E-state index contributed by atoms with van der Waals surface area (Å²) in [7, 11) is 0. The van der Waals surface area contributed by atoms with E-state index in [-0.39, 0.29) is 24.2 Å². The molecule has 2 saturated heterocycles. The lowest BCUT2D eigenvalue weighted by Gasteiger charge is -2.39. The fourth-order valence-electron chi connectivity index (χ4n) is 2.61. The number of rotatable bonds is 3. The van der Waals surface area contributed by atoms with Gasteiger partial charge in [-0.25, -0.2) is 0 Å². The lowest BCUT2D eigenvalue weighted by atomic mass is 9.87. The Balaban J connectivity index is 1.99. The maximum Gasteiger partial charge on any atom is 0.163 e. The second kappa shape index (κ2) is 5.25. The maximum absolute atomic E-state index is 10.6. The molecule has 0 aromatic carbocycles. The van der Waals surface area contributed by atoms with Crippen LogP contribution in [0, 0.1) is 5.92 Å². The van der Waals surface area contributed by atoms with Gasteiger partial charge in [-0.05, 0) is 13.8 Å². The molecule has 0 aromatic heterocycles. The fraction of sp³-hybridized carbons (Fsp3) is 0.923. The van der Waals surface area contributed by atoms with Crippen molar-refractivity contribution in [3.8, 4) is 0 Å². The molecule has 0 saturated carbocycles. The van der Waals surface area contributed by atoms with Crippen molar-refractivity contribution in [3.63, 3.8) is 0 Å². The third-order valence-electron chi connectivity index (χ3n) is 3.79. The summed E-state index contributed by atoms with van der Waals surface area (Å²) in [6, 6.07) is 0. The molecule has 1 N–H and O–H groups in total. The SMILES string of the molecule is C[C@@H]1[C@@H](O)C[C@H](C2COC(C)(C)O2)O[C@@H]1CC=O. The van der Waals surface area contributed by atoms with Crippen molar-refractivity contribution in [1.29, 1.82) is 0 Å². The number of hydrogen-bond donors (Lipinski definition) is 1. The number of aliphatic hydroxyl groups is 1. The van der Waals surface area contributed by atoms with Crippen LogP contribution in [0.25, 0.3) is 0 Å². The van der Waals surface area contributed by atoms with Crippen LogP contribution in [0.5, 0.6) is 0 Å². The Morgan fingerprint density at radius 3 is 2.67 bits per heavy atom. The molecule has 1 unspecified atom stereocenters. The van der Waals surface area contributed by atoms with Crippen LogP contribution in [0.2, 0.25) is 0 Å². The quantitative estimate of drug-likeness (QED) is 0.761. The smallest absolute Gasteiger partial charge is 0.163 e. The third kappa shape index (κ3) is 2.91. The van der Waals surface area contributed by atoms with E-state index >= 15 is 0 Å². The Bertz CT molecular complexity index is 304. The molecule has 0 spiro atoms. The molecule has 2 aliphatic heterocycles. The molecule has 0 amide bonds. The summed E-state index contributed by atoms with van der Waals surface area (Å²) in [5.41, 5.74) is 0. The highest BCUT2D eigenvalue weighted by Crippen LogP contribution is 2.33. The van der Waals surface area contributed by atoms with E-state index in [4.69, 9.17) is 14.2 Å². The van der Waals surface area contributed by atoms with E-state index < -0.39 is 11.9 Å². The van der Waals surface area contributed by atoms with Crippen molar-refractivity contribution >= 4 is 6.29 Å². The predicted molar refractivity (Wildman–Crippen MR) is 64.0 cm³/mol. The van der Waals surface area contributed by atoms with Crippen molar-refractivity contribution in [2.45, 2.75) is 63.8 Å². The highest BCUT2D eigenvalue weighted by Gasteiger charge is 2.43. The van der Waals surface area contributed by atoms with Crippen molar-refractivity contribution in [2.75, 3.05) is 6.61 Å². The van der Waals surface area contributed by atoms with Crippen LogP contribution in [-0.2, 0) is 19.0 Å². The van der Waals surface area contributed by atoms with E-state index in [2.05, 4.69) is 0 Å². The van der Waals surface area contributed by atoms with Crippen molar-refractivity contribution < 1.29 is 24.1 Å². The molecule has 104 valence electrons. The van der Waals surface area contributed by atoms with Gasteiger partial charge in [0.05, 0.1) is 24.9 Å². The Labute approximate surface area is 107 Å². The predicted octanol–water partition coefficient (Wildman–Crippen LogP) is 0.881. The van der Waals surface area contributed by atoms with Crippen LogP contribution in [-0.4, -0.2) is 48.2 Å². The summed E-state index contributed by atoms with van der Waals surface area (Å²) < 4.78 is 17.2. The van der Waals surface area contributed by atoms with Gasteiger partial charge in [0.25, 0.3) is 0 Å². The number of aldehydes is 1. The summed E-state index contributed by atoms with van der Waals surface area (Å²) in [6.45, 7) is 6.09. The third-order valence-corrected chi connectivity index (χ3v) is 3.79. The minimum Gasteiger partial charge on any atom is -0.393 e. The molecule has 18 heavy (non-hydrogen) atoms. The summed E-state index contributed by atoms with van der Waals surface area (Å²) in [4.78, 5) is 10.6. The van der Waals surface area contributed by atoms with Gasteiger partial charge in [0.1, 0.15) is 12.4 Å². The molecule has 0 aliphatic carbocycles. The zero-order chi connectivity index (χ0) is 13.3. The van der Waals surface area contributed by atoms with Crippen LogP contribution in [0.1, 0.15) is 33.6 Å². The average molecular weight is 258 g/mol. The monoisotopic (exact) mass is 258 g/mol. The van der Waals surface area contributed by atoms with Crippen LogP contribution in [0.3, 0.4) is 0 Å². The molecular weight excluding hydrogens is 236 g/mol. The Kier molecular flexibility index (Phi) is 4.06. The van der Waals surface area contributed by atoms with Gasteiger partial charge in [-0.1, -0.05) is 6.92 Å². The zero-order valence-corrected chi connectivity index (χ0v) is 11.2. The standard InChI is InChI=1S/C13H22O5/c1-8-9(15)6-11(17-10(8)4-5-14)12-7-16-13(2,3)18-12/h5,8-12,15H,4,6-7H2,1-3H3/t8-,9+,10-,11-,12?/m1/s1. The summed E-state index contributed by atoms with van der Waals surface area (Å²) in [5, 5.41) is 10.0. The first-order valence-corrected chi connectivity index (χ1v) is 6.52. The molecule has 2 aliphatic rings. The van der Waals surface area contributed by atoms with Gasteiger partial charge in [0.2, 0.25) is 0 Å². The van der Waals surface area contributed by atoms with E-state index in [0.29, 0.717) is 19.4 Å². The van der Waals surface area contributed by atoms with Crippen LogP contribution < -0.4 is 0 Å². The van der Waals surface area contributed by atoms with Gasteiger partial charge >= 0.3 is 0 Å². The number of carbonyl (C=O) groups is 1. The maximum atomic E-state index is 10.6. The van der Waals surface area contributed by atoms with E-state index in [1.165, 1.54) is 0 Å². The number of aliphatic hydroxyl groups excluding tert-OH is 1. The Morgan fingerprint density at radius 1 is 1.39 bits per heavy atom. The van der Waals surface area contributed by atoms with Gasteiger partial charge in [-0.3, -0.25) is 0 Å². The molecule has 0 aromatic rings. The lowest BCUT2D eigenvalue weighted by Crippen LogP contribution is -2.48. The number of hydrogen-bond acceptors (Lipinski definition) is 5. The van der Waals surface area contributed by atoms with Crippen molar-refractivity contribution in [3.05, 3.63) is 0 Å². The van der Waals surface area contributed by atoms with E-state index in [9.17, 15) is 9.90 Å². The van der Waals surface area contributed by atoms with Crippen LogP contribution in [0.4, 0.5) is 0 Å². The molecule has 5 heteroatoms. The molecular formula is C13H22O5. The fourth-order valence-corrected chi connectivity index (χ4v) is 2.61. The first-order valence-electron chi connectivity index (χ1n) is 6.52. The van der Waals surface area contributed by atoms with Gasteiger partial charge in [-0.15, -0.1) is 0 Å². The second-order valence-electron chi connectivity index (χ2n) is 5.64. The second-order valence-corrected chi connectivity index (χ2v) is 5.64. The Hall–Kier alpha value is -0.490.